The average Bonchev–Trinajstić information content (AvgIpc) is 3.34. The minimum absolute atomic E-state index is 0.0912. The minimum Gasteiger partial charge on any atom is -0.334 e. The number of rotatable bonds is 6. The van der Waals surface area contributed by atoms with Crippen molar-refractivity contribution in [1.82, 2.24) is 30.1 Å². The van der Waals surface area contributed by atoms with Crippen molar-refractivity contribution in [1.29, 1.82) is 0 Å². The number of hydrogen-bond donors (Lipinski definition) is 1. The van der Waals surface area contributed by atoms with E-state index >= 15 is 0 Å². The number of carbonyl (C=O) groups is 1. The molecular weight excluding hydrogens is 340 g/mol. The molecule has 1 fully saturated rings. The number of aromatic amines is 1. The van der Waals surface area contributed by atoms with Gasteiger partial charge in [-0.25, -0.2) is 0 Å². The van der Waals surface area contributed by atoms with Crippen molar-refractivity contribution in [3.05, 3.63) is 28.8 Å². The highest BCUT2D eigenvalue weighted by Crippen LogP contribution is 2.26. The van der Waals surface area contributed by atoms with E-state index < -0.39 is 0 Å². The van der Waals surface area contributed by atoms with E-state index in [1.54, 1.807) is 11.1 Å². The van der Waals surface area contributed by atoms with Gasteiger partial charge in [0.25, 0.3) is 5.91 Å². The molecule has 0 spiro atoms. The lowest BCUT2D eigenvalue weighted by atomic mass is 9.87. The van der Waals surface area contributed by atoms with Gasteiger partial charge in [0.2, 0.25) is 0 Å². The lowest BCUT2D eigenvalue weighted by Crippen LogP contribution is -2.27. The molecule has 0 aromatic carbocycles. The van der Waals surface area contributed by atoms with Gasteiger partial charge in [0, 0.05) is 19.3 Å². The molecule has 7 heteroatoms. The lowest BCUT2D eigenvalue weighted by molar-refractivity contribution is 0.0777. The molecule has 0 radical (unpaired) electrons. The molecule has 4 rings (SSSR count). The molecule has 2 aromatic heterocycles. The lowest BCUT2D eigenvalue weighted by Gasteiger charge is -2.20. The van der Waals surface area contributed by atoms with Crippen molar-refractivity contribution in [2.24, 2.45) is 5.92 Å². The predicted molar refractivity (Wildman–Crippen MR) is 102 cm³/mol. The van der Waals surface area contributed by atoms with Gasteiger partial charge in [0.05, 0.1) is 18.4 Å². The number of aryl methyl sites for hydroxylation is 2. The van der Waals surface area contributed by atoms with Crippen molar-refractivity contribution in [3.63, 3.8) is 0 Å². The summed E-state index contributed by atoms with van der Waals surface area (Å²) in [6.07, 6.45) is 14.2. The molecule has 2 aliphatic rings. The van der Waals surface area contributed by atoms with Crippen molar-refractivity contribution in [3.8, 4) is 0 Å². The topological polar surface area (TPSA) is 79.7 Å². The Labute approximate surface area is 160 Å². The van der Waals surface area contributed by atoms with E-state index in [1.165, 1.54) is 56.2 Å². The maximum absolute atomic E-state index is 12.7. The smallest absolute Gasteiger partial charge is 0.276 e. The van der Waals surface area contributed by atoms with Crippen LogP contribution in [-0.4, -0.2) is 43.0 Å². The molecule has 0 aliphatic heterocycles. The number of H-pyrrole nitrogens is 1. The summed E-state index contributed by atoms with van der Waals surface area (Å²) in [6.45, 7) is 1.36. The zero-order valence-corrected chi connectivity index (χ0v) is 16.3. The molecular formula is C20H30N6O. The molecule has 2 heterocycles. The number of nitrogens with one attached hydrogen (secondary N) is 1. The van der Waals surface area contributed by atoms with Crippen LogP contribution in [0.1, 0.15) is 78.8 Å². The summed E-state index contributed by atoms with van der Waals surface area (Å²) in [4.78, 5) is 14.4. The fourth-order valence-electron chi connectivity index (χ4n) is 4.47. The SMILES string of the molecule is CN(Cc1n[nH]c2c1CCCC2)C(=O)c1cn(CCC2CCCCC2)nn1. The summed E-state index contributed by atoms with van der Waals surface area (Å²) >= 11 is 0. The van der Waals surface area contributed by atoms with Crippen LogP contribution < -0.4 is 0 Å². The van der Waals surface area contributed by atoms with Crippen LogP contribution in [0.5, 0.6) is 0 Å². The molecule has 1 saturated carbocycles. The molecule has 146 valence electrons. The van der Waals surface area contributed by atoms with Crippen molar-refractivity contribution >= 4 is 5.91 Å². The standard InChI is InChI=1S/C20H30N6O/c1-25(13-18-16-9-5-6-10-17(16)21-22-18)20(27)19-14-26(24-23-19)12-11-15-7-3-2-4-8-15/h14-15H,2-13H2,1H3,(H,21,22). The minimum atomic E-state index is -0.0912. The molecule has 2 aromatic rings. The summed E-state index contributed by atoms with van der Waals surface area (Å²) in [6, 6.07) is 0. The zero-order chi connectivity index (χ0) is 18.6. The second-order valence-corrected chi connectivity index (χ2v) is 8.16. The molecule has 7 nitrogen and oxygen atoms in total. The molecule has 2 aliphatic carbocycles. The van der Waals surface area contributed by atoms with Gasteiger partial charge < -0.3 is 4.90 Å². The Balaban J connectivity index is 1.33. The van der Waals surface area contributed by atoms with Crippen LogP contribution >= 0.6 is 0 Å². The Morgan fingerprint density at radius 1 is 1.22 bits per heavy atom. The highest BCUT2D eigenvalue weighted by molar-refractivity contribution is 5.91. The van der Waals surface area contributed by atoms with Gasteiger partial charge in [0.1, 0.15) is 0 Å². The van der Waals surface area contributed by atoms with Crippen molar-refractivity contribution in [2.75, 3.05) is 7.05 Å². The molecule has 0 saturated heterocycles. The molecule has 0 unspecified atom stereocenters. The van der Waals surface area contributed by atoms with Crippen LogP contribution in [-0.2, 0) is 25.9 Å². The maximum atomic E-state index is 12.7. The summed E-state index contributed by atoms with van der Waals surface area (Å²) in [5, 5.41) is 15.9. The second kappa shape index (κ2) is 8.23. The zero-order valence-electron chi connectivity index (χ0n) is 16.3. The van der Waals surface area contributed by atoms with Gasteiger partial charge in [0.15, 0.2) is 5.69 Å². The Bertz CT molecular complexity index is 773. The van der Waals surface area contributed by atoms with E-state index in [2.05, 4.69) is 20.5 Å². The van der Waals surface area contributed by atoms with Gasteiger partial charge >= 0.3 is 0 Å². The van der Waals surface area contributed by atoms with E-state index in [0.29, 0.717) is 12.2 Å². The Morgan fingerprint density at radius 2 is 2.04 bits per heavy atom. The van der Waals surface area contributed by atoms with Gasteiger partial charge in [-0.3, -0.25) is 14.6 Å². The molecule has 1 amide bonds. The fourth-order valence-corrected chi connectivity index (χ4v) is 4.47. The van der Waals surface area contributed by atoms with Crippen molar-refractivity contribution < 1.29 is 4.79 Å². The number of carbonyl (C=O) groups excluding carboxylic acids is 1. The third kappa shape index (κ3) is 4.22. The van der Waals surface area contributed by atoms with E-state index in [9.17, 15) is 4.79 Å². The quantitative estimate of drug-likeness (QED) is 0.847. The number of nitrogens with zero attached hydrogens (tertiary/aromatic N) is 5. The van der Waals surface area contributed by atoms with E-state index in [1.807, 2.05) is 11.7 Å². The van der Waals surface area contributed by atoms with Gasteiger partial charge in [-0.1, -0.05) is 37.3 Å². The average molecular weight is 371 g/mol. The summed E-state index contributed by atoms with van der Waals surface area (Å²) in [7, 11) is 1.81. The van der Waals surface area contributed by atoms with Gasteiger partial charge in [-0.15, -0.1) is 5.10 Å². The number of hydrogen-bond acceptors (Lipinski definition) is 4. The van der Waals surface area contributed by atoms with E-state index in [0.717, 1.165) is 37.4 Å². The van der Waals surface area contributed by atoms with Crippen LogP contribution in [0.15, 0.2) is 6.20 Å². The predicted octanol–water partition coefficient (Wildman–Crippen LogP) is 3.12. The Morgan fingerprint density at radius 3 is 2.89 bits per heavy atom. The fraction of sp³-hybridized carbons (Fsp3) is 0.700. The Hall–Kier alpha value is -2.18. The number of aromatic nitrogens is 5. The molecule has 27 heavy (non-hydrogen) atoms. The monoisotopic (exact) mass is 370 g/mol. The van der Waals surface area contributed by atoms with E-state index in [4.69, 9.17) is 0 Å². The van der Waals surface area contributed by atoms with E-state index in [-0.39, 0.29) is 5.91 Å². The third-order valence-corrected chi connectivity index (χ3v) is 6.12. The first kappa shape index (κ1) is 18.2. The summed E-state index contributed by atoms with van der Waals surface area (Å²) in [5.41, 5.74) is 3.96. The van der Waals surface area contributed by atoms with Crippen LogP contribution in [0, 0.1) is 5.92 Å². The molecule has 0 atom stereocenters. The molecule has 1 N–H and O–H groups in total. The second-order valence-electron chi connectivity index (χ2n) is 8.16. The Kier molecular flexibility index (Phi) is 5.55. The van der Waals surface area contributed by atoms with Crippen molar-refractivity contribution in [2.45, 2.75) is 77.3 Å². The van der Waals surface area contributed by atoms with Gasteiger partial charge in [-0.2, -0.15) is 5.10 Å². The van der Waals surface area contributed by atoms with Crippen LogP contribution in [0.3, 0.4) is 0 Å². The number of amides is 1. The highest BCUT2D eigenvalue weighted by atomic mass is 16.2. The normalized spacial score (nSPS) is 17.7. The first-order valence-electron chi connectivity index (χ1n) is 10.4. The summed E-state index contributed by atoms with van der Waals surface area (Å²) in [5.74, 6) is 0.710. The largest absolute Gasteiger partial charge is 0.334 e. The third-order valence-electron chi connectivity index (χ3n) is 6.12. The maximum Gasteiger partial charge on any atom is 0.276 e. The first-order chi connectivity index (χ1) is 13.2. The first-order valence-corrected chi connectivity index (χ1v) is 10.4. The highest BCUT2D eigenvalue weighted by Gasteiger charge is 2.22. The number of fused-ring (bicyclic) bond motifs is 1. The van der Waals surface area contributed by atoms with Crippen LogP contribution in [0.25, 0.3) is 0 Å². The molecule has 0 bridgehead atoms. The van der Waals surface area contributed by atoms with Gasteiger partial charge in [-0.05, 0) is 43.6 Å². The summed E-state index contributed by atoms with van der Waals surface area (Å²) < 4.78 is 1.83. The van der Waals surface area contributed by atoms with Crippen LogP contribution in [0.2, 0.25) is 0 Å². The van der Waals surface area contributed by atoms with Crippen LogP contribution in [0.4, 0.5) is 0 Å².